The lowest BCUT2D eigenvalue weighted by Gasteiger charge is -2.39. The van der Waals surface area contributed by atoms with E-state index in [1.807, 2.05) is 0 Å². The number of likely N-dealkylation sites (tertiary alicyclic amines) is 1. The molecule has 3 saturated heterocycles. The first-order chi connectivity index (χ1) is 10.6. The quantitative estimate of drug-likeness (QED) is 0.847. The highest BCUT2D eigenvalue weighted by atomic mass is 16.5. The highest BCUT2D eigenvalue weighted by Crippen LogP contribution is 2.22. The Kier molecular flexibility index (Phi) is 5.37. The summed E-state index contributed by atoms with van der Waals surface area (Å²) in [5.41, 5.74) is 0. The highest BCUT2D eigenvalue weighted by molar-refractivity contribution is 5.82. The van der Waals surface area contributed by atoms with Crippen LogP contribution in [0.25, 0.3) is 0 Å². The number of ether oxygens (including phenoxy) is 1. The maximum atomic E-state index is 12.4. The molecule has 3 atom stereocenters. The molecular formula is C17H31N3O2. The molecule has 0 aromatic rings. The zero-order valence-corrected chi connectivity index (χ0v) is 14.1. The Morgan fingerprint density at radius 2 is 1.82 bits per heavy atom. The van der Waals surface area contributed by atoms with Gasteiger partial charge in [-0.2, -0.15) is 0 Å². The standard InChI is InChI=1S/C17H31N3O2/c1-13-10-19(11-14(2)22-13)12-15-5-8-20(9-6-15)17(21)16-4-3-7-18-16/h13-16,18H,3-12H2,1-2H3/t13?,14?,16-/m0/s1. The molecule has 5 heteroatoms. The molecule has 126 valence electrons. The van der Waals surface area contributed by atoms with Crippen LogP contribution in [0.4, 0.5) is 0 Å². The second-order valence-corrected chi connectivity index (χ2v) is 7.39. The lowest BCUT2D eigenvalue weighted by molar-refractivity contribution is -0.134. The normalized spacial score (nSPS) is 35.0. The van der Waals surface area contributed by atoms with Crippen molar-refractivity contribution in [2.45, 2.75) is 57.8 Å². The van der Waals surface area contributed by atoms with Crippen molar-refractivity contribution in [3.05, 3.63) is 0 Å². The zero-order valence-electron chi connectivity index (χ0n) is 14.1. The summed E-state index contributed by atoms with van der Waals surface area (Å²) in [7, 11) is 0. The molecule has 1 amide bonds. The average Bonchev–Trinajstić information content (AvgIpc) is 3.00. The maximum Gasteiger partial charge on any atom is 0.239 e. The van der Waals surface area contributed by atoms with Crippen LogP contribution in [0.1, 0.15) is 39.5 Å². The Balaban J connectivity index is 1.42. The molecule has 3 heterocycles. The Bertz CT molecular complexity index is 366. The van der Waals surface area contributed by atoms with Crippen molar-refractivity contribution in [2.24, 2.45) is 5.92 Å². The zero-order chi connectivity index (χ0) is 15.5. The number of carbonyl (C=O) groups excluding carboxylic acids is 1. The number of morpholine rings is 1. The molecular weight excluding hydrogens is 278 g/mol. The van der Waals surface area contributed by atoms with Crippen molar-refractivity contribution in [3.63, 3.8) is 0 Å². The van der Waals surface area contributed by atoms with Gasteiger partial charge in [-0.1, -0.05) is 0 Å². The van der Waals surface area contributed by atoms with Crippen LogP contribution in [0.3, 0.4) is 0 Å². The van der Waals surface area contributed by atoms with Gasteiger partial charge in [0, 0.05) is 32.7 Å². The van der Waals surface area contributed by atoms with Gasteiger partial charge in [-0.05, 0) is 52.0 Å². The van der Waals surface area contributed by atoms with E-state index < -0.39 is 0 Å². The predicted molar refractivity (Wildman–Crippen MR) is 86.8 cm³/mol. The molecule has 3 rings (SSSR count). The van der Waals surface area contributed by atoms with Gasteiger partial charge in [0.1, 0.15) is 0 Å². The second kappa shape index (κ2) is 7.28. The summed E-state index contributed by atoms with van der Waals surface area (Å²) < 4.78 is 5.81. The Labute approximate surface area is 134 Å². The van der Waals surface area contributed by atoms with Gasteiger partial charge in [0.15, 0.2) is 0 Å². The average molecular weight is 309 g/mol. The molecule has 0 aliphatic carbocycles. The molecule has 0 aromatic carbocycles. The van der Waals surface area contributed by atoms with E-state index in [1.165, 1.54) is 6.54 Å². The first-order valence-corrected chi connectivity index (χ1v) is 9.02. The predicted octanol–water partition coefficient (Wildman–Crippen LogP) is 1.09. The molecule has 0 saturated carbocycles. The molecule has 3 aliphatic rings. The molecule has 3 aliphatic heterocycles. The molecule has 5 nitrogen and oxygen atoms in total. The number of rotatable bonds is 3. The summed E-state index contributed by atoms with van der Waals surface area (Å²) in [4.78, 5) is 17.1. The molecule has 0 spiro atoms. The molecule has 22 heavy (non-hydrogen) atoms. The highest BCUT2D eigenvalue weighted by Gasteiger charge is 2.31. The monoisotopic (exact) mass is 309 g/mol. The van der Waals surface area contributed by atoms with Crippen LogP contribution in [0, 0.1) is 5.92 Å². The summed E-state index contributed by atoms with van der Waals surface area (Å²) >= 11 is 0. The van der Waals surface area contributed by atoms with E-state index in [2.05, 4.69) is 29.0 Å². The van der Waals surface area contributed by atoms with Crippen LogP contribution in [0.5, 0.6) is 0 Å². The molecule has 0 radical (unpaired) electrons. The van der Waals surface area contributed by atoms with Gasteiger partial charge in [0.05, 0.1) is 18.2 Å². The van der Waals surface area contributed by atoms with Crippen LogP contribution in [0.2, 0.25) is 0 Å². The SMILES string of the molecule is CC1CN(CC2CCN(C(=O)[C@@H]3CCCN3)CC2)CC(C)O1. The van der Waals surface area contributed by atoms with Crippen LogP contribution in [-0.2, 0) is 9.53 Å². The van der Waals surface area contributed by atoms with Crippen molar-refractivity contribution in [1.82, 2.24) is 15.1 Å². The van der Waals surface area contributed by atoms with Gasteiger partial charge < -0.3 is 15.0 Å². The van der Waals surface area contributed by atoms with E-state index in [0.717, 1.165) is 64.3 Å². The third-order valence-corrected chi connectivity index (χ3v) is 5.30. The Morgan fingerprint density at radius 3 is 2.41 bits per heavy atom. The van der Waals surface area contributed by atoms with E-state index in [9.17, 15) is 4.79 Å². The number of hydrogen-bond donors (Lipinski definition) is 1. The van der Waals surface area contributed by atoms with E-state index in [0.29, 0.717) is 18.1 Å². The van der Waals surface area contributed by atoms with Crippen LogP contribution in [-0.4, -0.2) is 73.2 Å². The van der Waals surface area contributed by atoms with Crippen LogP contribution in [0.15, 0.2) is 0 Å². The maximum absolute atomic E-state index is 12.4. The minimum absolute atomic E-state index is 0.0949. The molecule has 2 unspecified atom stereocenters. The number of amides is 1. The van der Waals surface area contributed by atoms with Crippen molar-refractivity contribution >= 4 is 5.91 Å². The number of piperidine rings is 1. The van der Waals surface area contributed by atoms with E-state index >= 15 is 0 Å². The topological polar surface area (TPSA) is 44.8 Å². The third kappa shape index (κ3) is 4.00. The number of nitrogens with zero attached hydrogens (tertiary/aromatic N) is 2. The molecule has 0 bridgehead atoms. The lowest BCUT2D eigenvalue weighted by Crippen LogP contribution is -2.50. The van der Waals surface area contributed by atoms with E-state index in [1.54, 1.807) is 0 Å². The van der Waals surface area contributed by atoms with Gasteiger partial charge in [-0.25, -0.2) is 0 Å². The number of nitrogens with one attached hydrogen (secondary N) is 1. The van der Waals surface area contributed by atoms with Crippen molar-refractivity contribution in [1.29, 1.82) is 0 Å². The summed E-state index contributed by atoms with van der Waals surface area (Å²) in [6.07, 6.45) is 5.15. The van der Waals surface area contributed by atoms with Gasteiger partial charge in [-0.3, -0.25) is 9.69 Å². The minimum Gasteiger partial charge on any atom is -0.373 e. The summed E-state index contributed by atoms with van der Waals surface area (Å²) in [5, 5.41) is 3.33. The Morgan fingerprint density at radius 1 is 1.14 bits per heavy atom. The Hall–Kier alpha value is -0.650. The minimum atomic E-state index is 0.0949. The van der Waals surface area contributed by atoms with E-state index in [4.69, 9.17) is 4.74 Å². The third-order valence-electron chi connectivity index (χ3n) is 5.30. The van der Waals surface area contributed by atoms with Crippen LogP contribution < -0.4 is 5.32 Å². The summed E-state index contributed by atoms with van der Waals surface area (Å²) in [6.45, 7) is 10.5. The van der Waals surface area contributed by atoms with E-state index in [-0.39, 0.29) is 6.04 Å². The summed E-state index contributed by atoms with van der Waals surface area (Å²) in [5.74, 6) is 1.07. The number of carbonyl (C=O) groups is 1. The van der Waals surface area contributed by atoms with Crippen molar-refractivity contribution in [2.75, 3.05) is 39.3 Å². The fourth-order valence-corrected chi connectivity index (χ4v) is 4.25. The lowest BCUT2D eigenvalue weighted by atomic mass is 9.95. The van der Waals surface area contributed by atoms with Crippen molar-refractivity contribution in [3.8, 4) is 0 Å². The van der Waals surface area contributed by atoms with Gasteiger partial charge in [0.2, 0.25) is 5.91 Å². The smallest absolute Gasteiger partial charge is 0.239 e. The van der Waals surface area contributed by atoms with Gasteiger partial charge in [0.25, 0.3) is 0 Å². The largest absolute Gasteiger partial charge is 0.373 e. The molecule has 3 fully saturated rings. The molecule has 0 aromatic heterocycles. The fourth-order valence-electron chi connectivity index (χ4n) is 4.25. The molecule has 1 N–H and O–H groups in total. The first kappa shape index (κ1) is 16.2. The number of hydrogen-bond acceptors (Lipinski definition) is 4. The van der Waals surface area contributed by atoms with Gasteiger partial charge >= 0.3 is 0 Å². The van der Waals surface area contributed by atoms with Gasteiger partial charge in [-0.15, -0.1) is 0 Å². The van der Waals surface area contributed by atoms with Crippen molar-refractivity contribution < 1.29 is 9.53 Å². The van der Waals surface area contributed by atoms with Crippen LogP contribution >= 0.6 is 0 Å². The summed E-state index contributed by atoms with van der Waals surface area (Å²) in [6, 6.07) is 0.0949. The first-order valence-electron chi connectivity index (χ1n) is 9.02. The second-order valence-electron chi connectivity index (χ2n) is 7.39. The fraction of sp³-hybridized carbons (Fsp3) is 0.941.